The zero-order valence-electron chi connectivity index (χ0n) is 20.9. The van der Waals surface area contributed by atoms with Gasteiger partial charge in [-0.05, 0) is 60.0 Å². The van der Waals surface area contributed by atoms with E-state index in [0.717, 1.165) is 40.9 Å². The van der Waals surface area contributed by atoms with E-state index in [0.29, 0.717) is 38.2 Å². The van der Waals surface area contributed by atoms with Crippen molar-refractivity contribution >= 4 is 10.9 Å². The number of aromatic amines is 1. The van der Waals surface area contributed by atoms with Crippen molar-refractivity contribution < 1.29 is 9.84 Å². The first-order valence-electron chi connectivity index (χ1n) is 12.6. The topological polar surface area (TPSA) is 109 Å². The van der Waals surface area contributed by atoms with Crippen LogP contribution >= 0.6 is 0 Å². The maximum absolute atomic E-state index is 13.0. The van der Waals surface area contributed by atoms with E-state index in [9.17, 15) is 9.90 Å². The maximum atomic E-state index is 13.0. The molecule has 2 N–H and O–H groups in total. The van der Waals surface area contributed by atoms with Crippen LogP contribution < -0.4 is 10.3 Å². The Morgan fingerprint density at radius 3 is 2.72 bits per heavy atom. The number of hydrogen-bond donors (Lipinski definition) is 2. The number of fused-ring (bicyclic) bond motifs is 1. The molecule has 4 rings (SSSR count). The third-order valence-corrected chi connectivity index (χ3v) is 6.22. The van der Waals surface area contributed by atoms with E-state index in [-0.39, 0.29) is 18.2 Å². The molecule has 0 aliphatic heterocycles. The number of aromatic nitrogens is 5. The standard InChI is InChI=1S/C27H34N6O3/c1-3-9-25(26-29-30-31-33(26)18-20-10-6-5-7-11-20)32(14-8-15-34)19-22-16-21-17-23(36-4-2)12-13-24(21)28-27(22)35/h5-7,10-13,16-17,25,34H,3-4,8-9,14-15,18-19H2,1-2H3,(H,28,35)/t25-/m0/s1. The van der Waals surface area contributed by atoms with E-state index in [1.165, 1.54) is 0 Å². The SMILES string of the molecule is CCC[C@@H](c1nnnn1Cc1ccccc1)N(CCCO)Cc1cc2cc(OCC)ccc2[nH]c1=O. The van der Waals surface area contributed by atoms with E-state index >= 15 is 0 Å². The average molecular weight is 491 g/mol. The first kappa shape index (κ1) is 25.5. The van der Waals surface area contributed by atoms with E-state index in [1.54, 1.807) is 0 Å². The molecule has 0 spiro atoms. The van der Waals surface area contributed by atoms with Gasteiger partial charge in [0.25, 0.3) is 5.56 Å². The van der Waals surface area contributed by atoms with Crippen molar-refractivity contribution in [2.75, 3.05) is 19.8 Å². The lowest BCUT2D eigenvalue weighted by Gasteiger charge is -2.30. The molecule has 0 radical (unpaired) electrons. The number of nitrogens with zero attached hydrogens (tertiary/aromatic N) is 5. The molecule has 2 aromatic carbocycles. The van der Waals surface area contributed by atoms with Crippen LogP contribution in [0.2, 0.25) is 0 Å². The summed E-state index contributed by atoms with van der Waals surface area (Å²) in [6, 6.07) is 17.6. The number of benzene rings is 2. The first-order chi connectivity index (χ1) is 17.6. The second-order valence-corrected chi connectivity index (χ2v) is 8.84. The van der Waals surface area contributed by atoms with Crippen LogP contribution in [0.15, 0.2) is 59.4 Å². The number of tetrazole rings is 1. The number of aliphatic hydroxyl groups excluding tert-OH is 1. The molecule has 0 saturated carbocycles. The zero-order valence-corrected chi connectivity index (χ0v) is 20.9. The smallest absolute Gasteiger partial charge is 0.252 e. The van der Waals surface area contributed by atoms with Crippen LogP contribution in [0.3, 0.4) is 0 Å². The second-order valence-electron chi connectivity index (χ2n) is 8.84. The van der Waals surface area contributed by atoms with E-state index < -0.39 is 0 Å². The van der Waals surface area contributed by atoms with Crippen LogP contribution in [-0.4, -0.2) is 55.0 Å². The van der Waals surface area contributed by atoms with Crippen molar-refractivity contribution in [3.63, 3.8) is 0 Å². The molecule has 0 aliphatic carbocycles. The molecule has 0 unspecified atom stereocenters. The molecule has 9 heteroatoms. The number of pyridine rings is 1. The molecular weight excluding hydrogens is 456 g/mol. The number of hydrogen-bond acceptors (Lipinski definition) is 7. The highest BCUT2D eigenvalue weighted by molar-refractivity contribution is 5.80. The molecular formula is C27H34N6O3. The molecule has 0 saturated heterocycles. The second kappa shape index (κ2) is 12.4. The summed E-state index contributed by atoms with van der Waals surface area (Å²) in [4.78, 5) is 18.2. The number of nitrogens with one attached hydrogen (secondary N) is 1. The maximum Gasteiger partial charge on any atom is 0.252 e. The summed E-state index contributed by atoms with van der Waals surface area (Å²) in [6.07, 6.45) is 2.32. The number of H-pyrrole nitrogens is 1. The van der Waals surface area contributed by atoms with Crippen molar-refractivity contribution in [1.82, 2.24) is 30.1 Å². The Balaban J connectivity index is 1.67. The summed E-state index contributed by atoms with van der Waals surface area (Å²) in [5.41, 5.74) is 2.40. The van der Waals surface area contributed by atoms with Crippen molar-refractivity contribution in [1.29, 1.82) is 0 Å². The summed E-state index contributed by atoms with van der Waals surface area (Å²) < 4.78 is 7.48. The molecule has 1 atom stereocenters. The summed E-state index contributed by atoms with van der Waals surface area (Å²) in [7, 11) is 0. The van der Waals surface area contributed by atoms with Gasteiger partial charge in [-0.1, -0.05) is 43.7 Å². The minimum absolute atomic E-state index is 0.0656. The van der Waals surface area contributed by atoms with Crippen molar-refractivity contribution in [2.24, 2.45) is 0 Å². The van der Waals surface area contributed by atoms with Crippen LogP contribution in [0.5, 0.6) is 5.75 Å². The third kappa shape index (κ3) is 6.16. The van der Waals surface area contributed by atoms with Gasteiger partial charge in [0.05, 0.1) is 19.2 Å². The molecule has 36 heavy (non-hydrogen) atoms. The Bertz CT molecular complexity index is 1300. The molecule has 0 fully saturated rings. The van der Waals surface area contributed by atoms with Crippen LogP contribution in [-0.2, 0) is 13.1 Å². The van der Waals surface area contributed by atoms with Crippen molar-refractivity contribution in [2.45, 2.75) is 52.2 Å². The highest BCUT2D eigenvalue weighted by Gasteiger charge is 2.26. The lowest BCUT2D eigenvalue weighted by Crippen LogP contribution is -2.34. The zero-order chi connectivity index (χ0) is 25.3. The number of aliphatic hydroxyl groups is 1. The van der Waals surface area contributed by atoms with Crippen molar-refractivity contribution in [3.05, 3.63) is 81.9 Å². The van der Waals surface area contributed by atoms with Gasteiger partial charge >= 0.3 is 0 Å². The summed E-state index contributed by atoms with van der Waals surface area (Å²) in [5.74, 6) is 1.53. The van der Waals surface area contributed by atoms with E-state index in [2.05, 4.69) is 44.5 Å². The minimum Gasteiger partial charge on any atom is -0.494 e. The van der Waals surface area contributed by atoms with Gasteiger partial charge in [-0.2, -0.15) is 0 Å². The largest absolute Gasteiger partial charge is 0.494 e. The number of rotatable bonds is 13. The fourth-order valence-corrected chi connectivity index (χ4v) is 4.51. The Kier molecular flexibility index (Phi) is 8.80. The van der Waals surface area contributed by atoms with Gasteiger partial charge in [0, 0.05) is 36.2 Å². The van der Waals surface area contributed by atoms with Crippen LogP contribution in [0, 0.1) is 0 Å². The first-order valence-corrected chi connectivity index (χ1v) is 12.6. The van der Waals surface area contributed by atoms with Crippen LogP contribution in [0.1, 0.15) is 56.1 Å². The molecule has 190 valence electrons. The van der Waals surface area contributed by atoms with Gasteiger partial charge in [-0.3, -0.25) is 9.69 Å². The van der Waals surface area contributed by atoms with E-state index in [1.807, 2.05) is 54.1 Å². The molecule has 0 aliphatic rings. The molecule has 0 amide bonds. The lowest BCUT2D eigenvalue weighted by atomic mass is 10.1. The van der Waals surface area contributed by atoms with Gasteiger partial charge < -0.3 is 14.8 Å². The van der Waals surface area contributed by atoms with Crippen LogP contribution in [0.25, 0.3) is 10.9 Å². The fraction of sp³-hybridized carbons (Fsp3) is 0.407. The Morgan fingerprint density at radius 2 is 1.97 bits per heavy atom. The molecule has 9 nitrogen and oxygen atoms in total. The van der Waals surface area contributed by atoms with Gasteiger partial charge in [0.2, 0.25) is 0 Å². The van der Waals surface area contributed by atoms with Gasteiger partial charge in [-0.15, -0.1) is 5.10 Å². The Morgan fingerprint density at radius 1 is 1.14 bits per heavy atom. The lowest BCUT2D eigenvalue weighted by molar-refractivity contribution is 0.148. The highest BCUT2D eigenvalue weighted by atomic mass is 16.5. The van der Waals surface area contributed by atoms with Gasteiger partial charge in [-0.25, -0.2) is 4.68 Å². The van der Waals surface area contributed by atoms with Crippen molar-refractivity contribution in [3.8, 4) is 5.75 Å². The number of ether oxygens (including phenoxy) is 1. The molecule has 2 heterocycles. The predicted octanol–water partition coefficient (Wildman–Crippen LogP) is 3.69. The minimum atomic E-state index is -0.125. The monoisotopic (exact) mass is 490 g/mol. The molecule has 4 aromatic rings. The average Bonchev–Trinajstić information content (AvgIpc) is 3.34. The molecule has 0 bridgehead atoms. The third-order valence-electron chi connectivity index (χ3n) is 6.22. The summed E-state index contributed by atoms with van der Waals surface area (Å²) >= 11 is 0. The Hall–Kier alpha value is -3.56. The highest BCUT2D eigenvalue weighted by Crippen LogP contribution is 2.27. The van der Waals surface area contributed by atoms with Crippen LogP contribution in [0.4, 0.5) is 0 Å². The molecule has 2 aromatic heterocycles. The Labute approximate surface area is 210 Å². The van der Waals surface area contributed by atoms with E-state index in [4.69, 9.17) is 4.74 Å². The quantitative estimate of drug-likeness (QED) is 0.294. The normalized spacial score (nSPS) is 12.3. The van der Waals surface area contributed by atoms with Gasteiger partial charge in [0.1, 0.15) is 5.75 Å². The summed E-state index contributed by atoms with van der Waals surface area (Å²) in [5, 5.41) is 23.2. The summed E-state index contributed by atoms with van der Waals surface area (Å²) in [6.45, 7) is 6.29. The predicted molar refractivity (Wildman–Crippen MR) is 139 cm³/mol. The van der Waals surface area contributed by atoms with Gasteiger partial charge in [0.15, 0.2) is 5.82 Å². The fourth-order valence-electron chi connectivity index (χ4n) is 4.51.